The van der Waals surface area contributed by atoms with Gasteiger partial charge in [-0.15, -0.1) is 11.3 Å². The second kappa shape index (κ2) is 10.6. The van der Waals surface area contributed by atoms with E-state index in [-0.39, 0.29) is 28.5 Å². The number of amides is 1. The van der Waals surface area contributed by atoms with E-state index in [0.29, 0.717) is 33.5 Å². The van der Waals surface area contributed by atoms with Crippen LogP contribution in [0, 0.1) is 12.8 Å². The first-order valence-electron chi connectivity index (χ1n) is 13.2. The second-order valence-electron chi connectivity index (χ2n) is 10.2. The lowest BCUT2D eigenvalue weighted by Crippen LogP contribution is -2.25. The van der Waals surface area contributed by atoms with Crippen molar-refractivity contribution in [3.05, 3.63) is 97.5 Å². The molecule has 2 aromatic carbocycles. The molecule has 1 aliphatic rings. The monoisotopic (exact) mass is 571 g/mol. The summed E-state index contributed by atoms with van der Waals surface area (Å²) < 4.78 is 4.87. The summed E-state index contributed by atoms with van der Waals surface area (Å²) in [5.41, 5.74) is 3.03. The quantitative estimate of drug-likeness (QED) is 0.226. The molecule has 5 aromatic rings. The van der Waals surface area contributed by atoms with E-state index in [1.165, 1.54) is 21.3 Å². The predicted octanol–water partition coefficient (Wildman–Crippen LogP) is 5.10. The van der Waals surface area contributed by atoms with Crippen molar-refractivity contribution in [2.75, 3.05) is 11.1 Å². The van der Waals surface area contributed by atoms with Crippen LogP contribution in [0.5, 0.6) is 0 Å². The Morgan fingerprint density at radius 1 is 1.05 bits per heavy atom. The summed E-state index contributed by atoms with van der Waals surface area (Å²) in [4.78, 5) is 47.2. The molecular formula is C30H29N5O3S2. The van der Waals surface area contributed by atoms with Crippen molar-refractivity contribution in [2.24, 2.45) is 13.0 Å². The van der Waals surface area contributed by atoms with Gasteiger partial charge in [0.2, 0.25) is 5.91 Å². The third-order valence-corrected chi connectivity index (χ3v) is 9.55. The fourth-order valence-corrected chi connectivity index (χ4v) is 7.53. The van der Waals surface area contributed by atoms with Crippen LogP contribution in [0.1, 0.15) is 29.5 Å². The number of hydrogen-bond donors (Lipinski definition) is 1. The Morgan fingerprint density at radius 3 is 2.42 bits per heavy atom. The molecule has 0 bridgehead atoms. The second-order valence-corrected chi connectivity index (χ2v) is 12.2. The topological polar surface area (TPSA) is 90.9 Å². The first-order valence-corrected chi connectivity index (χ1v) is 15.0. The number of carbonyl (C=O) groups excluding carboxylic acids is 1. The lowest BCUT2D eigenvalue weighted by atomic mass is 9.89. The average molecular weight is 572 g/mol. The molecule has 204 valence electrons. The van der Waals surface area contributed by atoms with E-state index in [4.69, 9.17) is 4.98 Å². The molecule has 40 heavy (non-hydrogen) atoms. The van der Waals surface area contributed by atoms with Gasteiger partial charge >= 0.3 is 0 Å². The normalized spacial score (nSPS) is 14.8. The zero-order valence-corrected chi connectivity index (χ0v) is 24.1. The van der Waals surface area contributed by atoms with Gasteiger partial charge < -0.3 is 5.32 Å². The highest BCUT2D eigenvalue weighted by molar-refractivity contribution is 7.99. The van der Waals surface area contributed by atoms with Gasteiger partial charge in [-0.1, -0.05) is 55.1 Å². The number of anilines is 1. The molecule has 3 aromatic heterocycles. The van der Waals surface area contributed by atoms with Crippen LogP contribution in [0.2, 0.25) is 0 Å². The van der Waals surface area contributed by atoms with Gasteiger partial charge in [-0.25, -0.2) is 9.67 Å². The highest BCUT2D eigenvalue weighted by atomic mass is 32.2. The van der Waals surface area contributed by atoms with E-state index in [0.717, 1.165) is 29.7 Å². The zero-order chi connectivity index (χ0) is 28.0. The fourth-order valence-electron chi connectivity index (χ4n) is 5.29. The van der Waals surface area contributed by atoms with Gasteiger partial charge in [-0.05, 0) is 61.9 Å². The number of hydrogen-bond acceptors (Lipinski definition) is 6. The maximum absolute atomic E-state index is 13.9. The summed E-state index contributed by atoms with van der Waals surface area (Å²) in [5, 5.41) is 3.96. The van der Waals surface area contributed by atoms with Crippen LogP contribution in [0.15, 0.2) is 75.4 Å². The summed E-state index contributed by atoms with van der Waals surface area (Å²) in [6.07, 6.45) is 2.90. The Kier molecular flexibility index (Phi) is 6.97. The maximum Gasteiger partial charge on any atom is 0.295 e. The number of benzene rings is 2. The molecule has 3 heterocycles. The number of carbonyl (C=O) groups is 1. The highest BCUT2D eigenvalue weighted by Gasteiger charge is 2.26. The first kappa shape index (κ1) is 26.3. The average Bonchev–Trinajstić information content (AvgIpc) is 3.42. The van der Waals surface area contributed by atoms with Gasteiger partial charge in [0.1, 0.15) is 10.5 Å². The van der Waals surface area contributed by atoms with Crippen molar-refractivity contribution in [3.63, 3.8) is 0 Å². The molecule has 0 saturated heterocycles. The summed E-state index contributed by atoms with van der Waals surface area (Å²) in [5.74, 6) is 0.234. The van der Waals surface area contributed by atoms with Crippen molar-refractivity contribution < 1.29 is 4.79 Å². The number of para-hydroxylation sites is 2. The minimum absolute atomic E-state index is 0.00792. The minimum atomic E-state index is -0.343. The summed E-state index contributed by atoms with van der Waals surface area (Å²) in [6.45, 7) is 4.04. The van der Waals surface area contributed by atoms with Crippen LogP contribution in [0.4, 0.5) is 5.69 Å². The van der Waals surface area contributed by atoms with Gasteiger partial charge in [-0.3, -0.25) is 23.6 Å². The van der Waals surface area contributed by atoms with E-state index in [9.17, 15) is 14.4 Å². The molecule has 10 heteroatoms. The van der Waals surface area contributed by atoms with Gasteiger partial charge in [0, 0.05) is 11.9 Å². The number of fused-ring (bicyclic) bond motifs is 3. The van der Waals surface area contributed by atoms with E-state index in [1.54, 1.807) is 34.6 Å². The molecule has 1 unspecified atom stereocenters. The van der Waals surface area contributed by atoms with E-state index in [2.05, 4.69) is 12.2 Å². The van der Waals surface area contributed by atoms with Crippen LogP contribution >= 0.6 is 23.1 Å². The number of aryl methyl sites for hydroxylation is 1. The predicted molar refractivity (Wildman–Crippen MR) is 162 cm³/mol. The zero-order valence-electron chi connectivity index (χ0n) is 22.5. The Hall–Kier alpha value is -3.89. The fraction of sp³-hybridized carbons (Fsp3) is 0.267. The van der Waals surface area contributed by atoms with E-state index < -0.39 is 0 Å². The lowest BCUT2D eigenvalue weighted by molar-refractivity contribution is -0.113. The Bertz CT molecular complexity index is 1850. The summed E-state index contributed by atoms with van der Waals surface area (Å²) in [7, 11) is 1.78. The number of thioether (sulfide) groups is 1. The molecule has 8 nitrogen and oxygen atoms in total. The number of nitrogens with one attached hydrogen (secondary N) is 1. The van der Waals surface area contributed by atoms with E-state index >= 15 is 0 Å². The molecule has 1 amide bonds. The van der Waals surface area contributed by atoms with Gasteiger partial charge in [-0.2, -0.15) is 0 Å². The highest BCUT2D eigenvalue weighted by Crippen LogP contribution is 2.37. The molecule has 1 atom stereocenters. The largest absolute Gasteiger partial charge is 0.319 e. The molecule has 0 spiro atoms. The van der Waals surface area contributed by atoms with Crippen LogP contribution in [0.3, 0.4) is 0 Å². The maximum atomic E-state index is 13.9. The van der Waals surface area contributed by atoms with Crippen molar-refractivity contribution in [1.29, 1.82) is 0 Å². The third kappa shape index (κ3) is 4.61. The molecule has 0 aliphatic heterocycles. The number of rotatable bonds is 6. The molecule has 0 fully saturated rings. The Labute approximate surface area is 239 Å². The Balaban J connectivity index is 1.33. The molecule has 6 rings (SSSR count). The molecule has 1 N–H and O–H groups in total. The van der Waals surface area contributed by atoms with Crippen molar-refractivity contribution in [3.8, 4) is 11.4 Å². The van der Waals surface area contributed by atoms with Crippen molar-refractivity contribution >= 4 is 44.9 Å². The molecular weight excluding hydrogens is 542 g/mol. The molecule has 0 saturated carbocycles. The van der Waals surface area contributed by atoms with Crippen molar-refractivity contribution in [1.82, 2.24) is 18.9 Å². The van der Waals surface area contributed by atoms with Crippen LogP contribution in [-0.2, 0) is 24.7 Å². The summed E-state index contributed by atoms with van der Waals surface area (Å²) >= 11 is 2.79. The van der Waals surface area contributed by atoms with Crippen LogP contribution in [0.25, 0.3) is 21.6 Å². The van der Waals surface area contributed by atoms with Gasteiger partial charge in [0.15, 0.2) is 5.16 Å². The third-order valence-electron chi connectivity index (χ3n) is 7.46. The lowest BCUT2D eigenvalue weighted by Gasteiger charge is -2.17. The summed E-state index contributed by atoms with van der Waals surface area (Å²) in [6, 6.07) is 18.7. The van der Waals surface area contributed by atoms with Crippen LogP contribution < -0.4 is 16.4 Å². The van der Waals surface area contributed by atoms with Gasteiger partial charge in [0.05, 0.1) is 28.2 Å². The van der Waals surface area contributed by atoms with Crippen molar-refractivity contribution in [2.45, 2.75) is 38.3 Å². The number of thiophene rings is 1. The van der Waals surface area contributed by atoms with Gasteiger partial charge in [0.25, 0.3) is 11.1 Å². The minimum Gasteiger partial charge on any atom is -0.319 e. The van der Waals surface area contributed by atoms with E-state index in [1.807, 2.05) is 60.7 Å². The standard InChI is InChI=1S/C30H29N5O3S2/c1-18-14-15-22-23(16-18)40-27-25(22)28(37)34(20-10-6-4-7-11-20)30(32-27)39-17-24(36)31-26-19(2)33(3)35(29(26)38)21-12-8-5-9-13-21/h4-13,18H,14-17H2,1-3H3,(H,31,36). The number of aromatic nitrogens is 4. The smallest absolute Gasteiger partial charge is 0.295 e. The molecule has 1 aliphatic carbocycles. The SMILES string of the molecule is Cc1c(NC(=O)CSc2nc3sc4c(c3c(=O)n2-c2ccccc2)CCC(C)C4)c(=O)n(-c2ccccc2)n1C. The number of nitrogens with zero attached hydrogens (tertiary/aromatic N) is 4. The first-order chi connectivity index (χ1) is 19.3. The molecule has 0 radical (unpaired) electrons. The van der Waals surface area contributed by atoms with Crippen LogP contribution in [-0.4, -0.2) is 30.6 Å². The Morgan fingerprint density at radius 2 is 1.73 bits per heavy atom.